The van der Waals surface area contributed by atoms with Crippen molar-refractivity contribution in [3.8, 4) is 0 Å². The molecular weight excluding hydrogens is 416 g/mol. The number of halogens is 1. The zero-order chi connectivity index (χ0) is 22.5. The van der Waals surface area contributed by atoms with E-state index in [0.717, 1.165) is 57.8 Å². The number of Topliss-reactive ketones (excluding diaryl/α,β-unsaturated/α-hetero) is 1. The van der Waals surface area contributed by atoms with Crippen LogP contribution in [0, 0.1) is 11.8 Å². The molecule has 0 aromatic rings. The van der Waals surface area contributed by atoms with Crippen molar-refractivity contribution >= 4 is 29.2 Å². The fraction of sp³-hybridized carbons (Fsp3) is 0.792. The molecular formula is C24H39ClN2O4. The van der Waals surface area contributed by atoms with E-state index in [0.29, 0.717) is 37.3 Å². The first-order valence-electron chi connectivity index (χ1n) is 12.0. The molecule has 0 aromatic carbocycles. The van der Waals surface area contributed by atoms with E-state index in [4.69, 9.17) is 16.3 Å². The van der Waals surface area contributed by atoms with E-state index in [1.807, 2.05) is 0 Å². The second-order valence-electron chi connectivity index (χ2n) is 8.77. The van der Waals surface area contributed by atoms with Gasteiger partial charge in [0.25, 0.3) is 0 Å². The van der Waals surface area contributed by atoms with Crippen LogP contribution in [0.4, 0.5) is 0 Å². The summed E-state index contributed by atoms with van der Waals surface area (Å²) < 4.78 is 6.12. The van der Waals surface area contributed by atoms with Gasteiger partial charge in [0, 0.05) is 25.3 Å². The maximum atomic E-state index is 12.2. The molecule has 2 heterocycles. The normalized spacial score (nSPS) is 24.6. The number of amides is 2. The number of ether oxygens (including phenoxy) is 1. The first-order chi connectivity index (χ1) is 15.0. The van der Waals surface area contributed by atoms with Crippen LogP contribution >= 0.6 is 11.6 Å². The van der Waals surface area contributed by atoms with Crippen molar-refractivity contribution in [1.82, 2.24) is 10.6 Å². The molecule has 0 radical (unpaired) electrons. The Labute approximate surface area is 191 Å². The molecule has 0 aliphatic carbocycles. The number of alkyl halides is 1. The van der Waals surface area contributed by atoms with Gasteiger partial charge in [-0.15, -0.1) is 11.6 Å². The van der Waals surface area contributed by atoms with Crippen molar-refractivity contribution in [2.45, 2.75) is 89.8 Å². The van der Waals surface area contributed by atoms with Gasteiger partial charge in [-0.05, 0) is 50.9 Å². The van der Waals surface area contributed by atoms with Crippen LogP contribution in [0.25, 0.3) is 0 Å². The van der Waals surface area contributed by atoms with Gasteiger partial charge in [0.2, 0.25) is 11.8 Å². The number of hydrogen-bond acceptors (Lipinski definition) is 4. The summed E-state index contributed by atoms with van der Waals surface area (Å²) in [7, 11) is 0. The Kier molecular flexibility index (Phi) is 12.2. The van der Waals surface area contributed by atoms with Gasteiger partial charge in [-0.1, -0.05) is 31.9 Å². The van der Waals surface area contributed by atoms with Crippen LogP contribution in [-0.4, -0.2) is 48.8 Å². The molecule has 0 saturated carbocycles. The van der Waals surface area contributed by atoms with Gasteiger partial charge in [-0.25, -0.2) is 0 Å². The molecule has 2 aliphatic heterocycles. The predicted octanol–water partition coefficient (Wildman–Crippen LogP) is 3.91. The van der Waals surface area contributed by atoms with Crippen LogP contribution < -0.4 is 10.6 Å². The summed E-state index contributed by atoms with van der Waals surface area (Å²) in [6.45, 7) is 2.76. The number of unbranched alkanes of at least 4 members (excludes halogenated alkanes) is 3. The lowest BCUT2D eigenvalue weighted by Gasteiger charge is -2.28. The van der Waals surface area contributed by atoms with E-state index in [-0.39, 0.29) is 36.1 Å². The summed E-state index contributed by atoms with van der Waals surface area (Å²) in [4.78, 5) is 35.1. The van der Waals surface area contributed by atoms with Crippen LogP contribution in [0.15, 0.2) is 12.2 Å². The molecule has 176 valence electrons. The maximum absolute atomic E-state index is 12.2. The molecule has 2 saturated heterocycles. The first kappa shape index (κ1) is 25.9. The van der Waals surface area contributed by atoms with Gasteiger partial charge in [-0.3, -0.25) is 14.4 Å². The van der Waals surface area contributed by atoms with Gasteiger partial charge in [0.1, 0.15) is 5.78 Å². The highest BCUT2D eigenvalue weighted by molar-refractivity contribution is 6.27. The van der Waals surface area contributed by atoms with E-state index in [2.05, 4.69) is 29.7 Å². The molecule has 0 unspecified atom stereocenters. The van der Waals surface area contributed by atoms with Gasteiger partial charge in [-0.2, -0.15) is 0 Å². The number of nitrogens with one attached hydrogen (secondary N) is 2. The summed E-state index contributed by atoms with van der Waals surface area (Å²) in [5.41, 5.74) is 0. The van der Waals surface area contributed by atoms with Crippen molar-refractivity contribution in [3.63, 3.8) is 0 Å². The van der Waals surface area contributed by atoms with Crippen molar-refractivity contribution in [2.24, 2.45) is 11.8 Å². The number of hydrogen-bond donors (Lipinski definition) is 2. The fourth-order valence-electron chi connectivity index (χ4n) is 4.66. The molecule has 0 spiro atoms. The first-order valence-corrected chi connectivity index (χ1v) is 12.5. The number of carbonyl (C=O) groups is 3. The molecule has 2 fully saturated rings. The SMILES string of the molecule is CCCCCC(=O)NCC(=O)NC[C@@H]1[C@H](CCC=CCCCC(=O)CCl)[C@@H]2CC[C@H]1O2. The monoisotopic (exact) mass is 454 g/mol. The van der Waals surface area contributed by atoms with Gasteiger partial charge < -0.3 is 15.4 Å². The minimum absolute atomic E-state index is 0.0479. The summed E-state index contributed by atoms with van der Waals surface area (Å²) in [5, 5.41) is 5.71. The summed E-state index contributed by atoms with van der Waals surface area (Å²) in [6.07, 6.45) is 14.9. The third-order valence-corrected chi connectivity index (χ3v) is 6.69. The molecule has 2 bridgehead atoms. The third-order valence-electron chi connectivity index (χ3n) is 6.39. The largest absolute Gasteiger partial charge is 0.374 e. The summed E-state index contributed by atoms with van der Waals surface area (Å²) in [5.74, 6) is 0.843. The van der Waals surface area contributed by atoms with Crippen LogP contribution in [0.3, 0.4) is 0 Å². The van der Waals surface area contributed by atoms with Crippen LogP contribution in [0.5, 0.6) is 0 Å². The third kappa shape index (κ3) is 9.32. The van der Waals surface area contributed by atoms with E-state index >= 15 is 0 Å². The molecule has 2 N–H and O–H groups in total. The number of fused-ring (bicyclic) bond motifs is 2. The molecule has 31 heavy (non-hydrogen) atoms. The lowest BCUT2D eigenvalue weighted by atomic mass is 9.77. The highest BCUT2D eigenvalue weighted by Gasteiger charge is 2.48. The number of allylic oxidation sites excluding steroid dienone is 2. The smallest absolute Gasteiger partial charge is 0.239 e. The van der Waals surface area contributed by atoms with Crippen molar-refractivity contribution in [2.75, 3.05) is 19.0 Å². The topological polar surface area (TPSA) is 84.5 Å². The van der Waals surface area contributed by atoms with E-state index in [9.17, 15) is 14.4 Å². The van der Waals surface area contributed by atoms with Gasteiger partial charge in [0.05, 0.1) is 24.6 Å². The Bertz CT molecular complexity index is 610. The van der Waals surface area contributed by atoms with Crippen LogP contribution in [0.1, 0.15) is 77.6 Å². The average molecular weight is 455 g/mol. The fourth-order valence-corrected chi connectivity index (χ4v) is 4.79. The van der Waals surface area contributed by atoms with Gasteiger partial charge in [0.15, 0.2) is 0 Å². The number of carbonyl (C=O) groups excluding carboxylic acids is 3. The zero-order valence-corrected chi connectivity index (χ0v) is 19.6. The Morgan fingerprint density at radius 1 is 0.935 bits per heavy atom. The van der Waals surface area contributed by atoms with E-state index in [1.54, 1.807) is 0 Å². The number of rotatable bonds is 16. The molecule has 4 atom stereocenters. The second kappa shape index (κ2) is 14.6. The Morgan fingerprint density at radius 3 is 2.42 bits per heavy atom. The van der Waals surface area contributed by atoms with E-state index < -0.39 is 0 Å². The summed E-state index contributed by atoms with van der Waals surface area (Å²) in [6, 6.07) is 0. The molecule has 2 amide bonds. The molecule has 0 aromatic heterocycles. The Balaban J connectivity index is 1.65. The Morgan fingerprint density at radius 2 is 1.68 bits per heavy atom. The minimum Gasteiger partial charge on any atom is -0.374 e. The summed E-state index contributed by atoms with van der Waals surface area (Å²) >= 11 is 5.51. The van der Waals surface area contributed by atoms with Crippen molar-refractivity contribution in [1.29, 1.82) is 0 Å². The van der Waals surface area contributed by atoms with Crippen molar-refractivity contribution in [3.05, 3.63) is 12.2 Å². The molecule has 2 rings (SSSR count). The predicted molar refractivity (Wildman–Crippen MR) is 123 cm³/mol. The molecule has 6 nitrogen and oxygen atoms in total. The highest BCUT2D eigenvalue weighted by Crippen LogP contribution is 2.45. The molecule has 7 heteroatoms. The molecule has 2 aliphatic rings. The Hall–Kier alpha value is -1.40. The van der Waals surface area contributed by atoms with Crippen LogP contribution in [-0.2, 0) is 19.1 Å². The minimum atomic E-state index is -0.128. The van der Waals surface area contributed by atoms with Crippen molar-refractivity contribution < 1.29 is 19.1 Å². The second-order valence-corrected chi connectivity index (χ2v) is 9.04. The van der Waals surface area contributed by atoms with Crippen LogP contribution in [0.2, 0.25) is 0 Å². The average Bonchev–Trinajstić information content (AvgIpc) is 3.37. The highest BCUT2D eigenvalue weighted by atomic mass is 35.5. The lowest BCUT2D eigenvalue weighted by Crippen LogP contribution is -2.42. The number of ketones is 1. The lowest BCUT2D eigenvalue weighted by molar-refractivity contribution is -0.126. The standard InChI is InChI=1S/C24H39ClN2O4/c1-2-3-7-12-23(29)27-17-24(30)26-16-20-19(21-13-14-22(20)31-21)11-9-6-4-5-8-10-18(28)15-25/h4,6,19-22H,2-3,5,7-17H2,1H3,(H,26,30)(H,27,29)/t19-,20+,21-,22+/m0/s1. The quantitative estimate of drug-likeness (QED) is 0.210. The van der Waals surface area contributed by atoms with Gasteiger partial charge >= 0.3 is 0 Å². The van der Waals surface area contributed by atoms with E-state index in [1.165, 1.54) is 0 Å². The zero-order valence-electron chi connectivity index (χ0n) is 18.9. The maximum Gasteiger partial charge on any atom is 0.239 e.